The second-order valence-electron chi connectivity index (χ2n) is 5.19. The fourth-order valence-corrected chi connectivity index (χ4v) is 2.53. The number of aromatic nitrogens is 2. The van der Waals surface area contributed by atoms with Gasteiger partial charge in [0, 0.05) is 19.6 Å². The first-order valence-corrected chi connectivity index (χ1v) is 7.02. The second kappa shape index (κ2) is 6.15. The molecule has 5 heteroatoms. The first-order valence-electron chi connectivity index (χ1n) is 7.02. The Bertz CT molecular complexity index is 535. The second-order valence-corrected chi connectivity index (χ2v) is 5.19. The van der Waals surface area contributed by atoms with E-state index in [9.17, 15) is 0 Å². The Labute approximate surface area is 118 Å². The molecule has 0 spiro atoms. The average Bonchev–Trinajstić information content (AvgIpc) is 2.97. The maximum absolute atomic E-state index is 6.22. The van der Waals surface area contributed by atoms with Gasteiger partial charge >= 0.3 is 0 Å². The third kappa shape index (κ3) is 3.05. The molecule has 0 unspecified atom stereocenters. The Balaban J connectivity index is 1.66. The molecule has 1 atom stereocenters. The van der Waals surface area contributed by atoms with E-state index >= 15 is 0 Å². The van der Waals surface area contributed by atoms with E-state index in [-0.39, 0.29) is 6.04 Å². The van der Waals surface area contributed by atoms with Gasteiger partial charge in [-0.15, -0.1) is 0 Å². The predicted molar refractivity (Wildman–Crippen MR) is 74.0 cm³/mol. The van der Waals surface area contributed by atoms with Crippen LogP contribution in [-0.4, -0.2) is 23.4 Å². The van der Waals surface area contributed by atoms with E-state index in [2.05, 4.69) is 22.3 Å². The SMILES string of the molecule is N[C@@H](c1nc(Cc2ccccc2)no1)C1CCOCC1. The highest BCUT2D eigenvalue weighted by molar-refractivity contribution is 5.18. The molecule has 2 aromatic rings. The van der Waals surface area contributed by atoms with Crippen molar-refractivity contribution in [2.24, 2.45) is 11.7 Å². The lowest BCUT2D eigenvalue weighted by Gasteiger charge is -2.25. The Morgan fingerprint density at radius 2 is 1.95 bits per heavy atom. The Morgan fingerprint density at radius 3 is 2.70 bits per heavy atom. The van der Waals surface area contributed by atoms with Gasteiger partial charge in [0.2, 0.25) is 5.89 Å². The lowest BCUT2D eigenvalue weighted by Crippen LogP contribution is -2.27. The normalized spacial score (nSPS) is 18.1. The fourth-order valence-electron chi connectivity index (χ4n) is 2.53. The first kappa shape index (κ1) is 13.3. The van der Waals surface area contributed by atoms with Crippen molar-refractivity contribution in [2.75, 3.05) is 13.2 Å². The Hall–Kier alpha value is -1.72. The van der Waals surface area contributed by atoms with Crippen LogP contribution in [0.5, 0.6) is 0 Å². The van der Waals surface area contributed by atoms with Gasteiger partial charge < -0.3 is 15.0 Å². The number of hydrogen-bond donors (Lipinski definition) is 1. The van der Waals surface area contributed by atoms with Gasteiger partial charge in [0.05, 0.1) is 6.04 Å². The highest BCUT2D eigenvalue weighted by Crippen LogP contribution is 2.27. The molecular weight excluding hydrogens is 254 g/mol. The molecule has 1 saturated heterocycles. The van der Waals surface area contributed by atoms with Gasteiger partial charge in [-0.05, 0) is 24.3 Å². The molecule has 1 fully saturated rings. The lowest BCUT2D eigenvalue weighted by molar-refractivity contribution is 0.0546. The van der Waals surface area contributed by atoms with Gasteiger partial charge in [0.1, 0.15) is 0 Å². The summed E-state index contributed by atoms with van der Waals surface area (Å²) < 4.78 is 10.7. The highest BCUT2D eigenvalue weighted by Gasteiger charge is 2.26. The lowest BCUT2D eigenvalue weighted by atomic mass is 9.92. The minimum absolute atomic E-state index is 0.184. The number of benzene rings is 1. The van der Waals surface area contributed by atoms with Crippen molar-refractivity contribution < 1.29 is 9.26 Å². The number of ether oxygens (including phenoxy) is 1. The van der Waals surface area contributed by atoms with Gasteiger partial charge in [0.15, 0.2) is 5.82 Å². The van der Waals surface area contributed by atoms with Gasteiger partial charge in [-0.3, -0.25) is 0 Å². The van der Waals surface area contributed by atoms with Crippen LogP contribution in [0.4, 0.5) is 0 Å². The van der Waals surface area contributed by atoms with E-state index in [1.807, 2.05) is 18.2 Å². The average molecular weight is 273 g/mol. The van der Waals surface area contributed by atoms with Crippen LogP contribution in [0.3, 0.4) is 0 Å². The van der Waals surface area contributed by atoms with Crippen LogP contribution in [0, 0.1) is 5.92 Å². The van der Waals surface area contributed by atoms with Crippen molar-refractivity contribution in [1.82, 2.24) is 10.1 Å². The number of hydrogen-bond acceptors (Lipinski definition) is 5. The monoisotopic (exact) mass is 273 g/mol. The molecule has 0 radical (unpaired) electrons. The minimum Gasteiger partial charge on any atom is -0.381 e. The zero-order valence-corrected chi connectivity index (χ0v) is 11.4. The summed E-state index contributed by atoms with van der Waals surface area (Å²) in [5.41, 5.74) is 7.39. The van der Waals surface area contributed by atoms with Crippen molar-refractivity contribution in [3.8, 4) is 0 Å². The van der Waals surface area contributed by atoms with Gasteiger partial charge in [-0.25, -0.2) is 0 Å². The summed E-state index contributed by atoms with van der Waals surface area (Å²) in [6, 6.07) is 9.92. The van der Waals surface area contributed by atoms with Crippen LogP contribution in [0.25, 0.3) is 0 Å². The zero-order valence-electron chi connectivity index (χ0n) is 11.4. The van der Waals surface area contributed by atoms with Gasteiger partial charge in [-0.2, -0.15) is 4.98 Å². The quantitative estimate of drug-likeness (QED) is 0.923. The van der Waals surface area contributed by atoms with Gasteiger partial charge in [0.25, 0.3) is 0 Å². The molecular formula is C15H19N3O2. The molecule has 2 N–H and O–H groups in total. The van der Waals surface area contributed by atoms with Crippen molar-refractivity contribution in [3.63, 3.8) is 0 Å². The number of nitrogens with zero attached hydrogens (tertiary/aromatic N) is 2. The molecule has 106 valence electrons. The van der Waals surface area contributed by atoms with Crippen LogP contribution >= 0.6 is 0 Å². The number of rotatable bonds is 4. The summed E-state index contributed by atoms with van der Waals surface area (Å²) in [5.74, 6) is 1.60. The van der Waals surface area contributed by atoms with E-state index in [0.717, 1.165) is 26.1 Å². The van der Waals surface area contributed by atoms with E-state index < -0.39 is 0 Å². The van der Waals surface area contributed by atoms with Crippen molar-refractivity contribution in [1.29, 1.82) is 0 Å². The van der Waals surface area contributed by atoms with E-state index in [4.69, 9.17) is 15.0 Å². The molecule has 0 bridgehead atoms. The van der Waals surface area contributed by atoms with Crippen molar-refractivity contribution in [3.05, 3.63) is 47.6 Å². The smallest absolute Gasteiger partial charge is 0.243 e. The summed E-state index contributed by atoms with van der Waals surface area (Å²) in [6.07, 6.45) is 2.58. The van der Waals surface area contributed by atoms with Gasteiger partial charge in [-0.1, -0.05) is 35.5 Å². The predicted octanol–water partition coefficient (Wildman–Crippen LogP) is 2.09. The molecule has 3 rings (SSSR count). The third-order valence-corrected chi connectivity index (χ3v) is 3.75. The summed E-state index contributed by atoms with van der Waals surface area (Å²) >= 11 is 0. The Kier molecular flexibility index (Phi) is 4.08. The van der Waals surface area contributed by atoms with Crippen molar-refractivity contribution in [2.45, 2.75) is 25.3 Å². The van der Waals surface area contributed by atoms with Crippen molar-refractivity contribution >= 4 is 0 Å². The maximum atomic E-state index is 6.22. The highest BCUT2D eigenvalue weighted by atomic mass is 16.5. The van der Waals surface area contributed by atoms with Crippen LogP contribution in [0.15, 0.2) is 34.9 Å². The molecule has 0 aliphatic carbocycles. The van der Waals surface area contributed by atoms with Crippen LogP contribution in [0.2, 0.25) is 0 Å². The maximum Gasteiger partial charge on any atom is 0.243 e. The molecule has 1 aromatic carbocycles. The molecule has 2 heterocycles. The first-order chi connectivity index (χ1) is 9.83. The van der Waals surface area contributed by atoms with Crippen LogP contribution in [0.1, 0.15) is 36.2 Å². The summed E-state index contributed by atoms with van der Waals surface area (Å²) in [4.78, 5) is 4.44. The third-order valence-electron chi connectivity index (χ3n) is 3.75. The van der Waals surface area contributed by atoms with Crippen LogP contribution < -0.4 is 5.73 Å². The molecule has 5 nitrogen and oxygen atoms in total. The molecule has 1 aliphatic rings. The molecule has 1 aromatic heterocycles. The van der Waals surface area contributed by atoms with Crippen LogP contribution in [-0.2, 0) is 11.2 Å². The molecule has 0 amide bonds. The topological polar surface area (TPSA) is 74.2 Å². The molecule has 1 aliphatic heterocycles. The number of nitrogens with two attached hydrogens (primary N) is 1. The summed E-state index contributed by atoms with van der Waals surface area (Å²) in [5, 5.41) is 4.03. The largest absolute Gasteiger partial charge is 0.381 e. The zero-order chi connectivity index (χ0) is 13.8. The Morgan fingerprint density at radius 1 is 1.20 bits per heavy atom. The van der Waals surface area contributed by atoms with E-state index in [0.29, 0.717) is 24.1 Å². The minimum atomic E-state index is -0.184. The van der Waals surface area contributed by atoms with E-state index in [1.165, 1.54) is 5.56 Å². The summed E-state index contributed by atoms with van der Waals surface area (Å²) in [6.45, 7) is 1.53. The molecule has 20 heavy (non-hydrogen) atoms. The summed E-state index contributed by atoms with van der Waals surface area (Å²) in [7, 11) is 0. The standard InChI is InChI=1S/C15H19N3O2/c16-14(12-6-8-19-9-7-12)15-17-13(18-20-15)10-11-4-2-1-3-5-11/h1-5,12,14H,6-10,16H2/t14-/m1/s1. The fraction of sp³-hybridized carbons (Fsp3) is 0.467. The van der Waals surface area contributed by atoms with E-state index in [1.54, 1.807) is 0 Å². The molecule has 0 saturated carbocycles.